The maximum absolute atomic E-state index is 12.2. The molecule has 2 aromatic rings. The average Bonchev–Trinajstić information content (AvgIpc) is 2.53. The molecule has 0 saturated carbocycles. The third kappa shape index (κ3) is 4.12. The van der Waals surface area contributed by atoms with E-state index in [1.807, 2.05) is 18.2 Å². The first-order valence-corrected chi connectivity index (χ1v) is 8.50. The summed E-state index contributed by atoms with van der Waals surface area (Å²) in [6.45, 7) is 4.48. The molecule has 4 nitrogen and oxygen atoms in total. The Balaban J connectivity index is 2.09. The largest absolute Gasteiger partial charge is 0.264 e. The van der Waals surface area contributed by atoms with Gasteiger partial charge in [0.2, 0.25) is 10.0 Å². The number of nitrogens with zero attached hydrogens (tertiary/aromatic N) is 1. The topological polar surface area (TPSA) is 59.1 Å². The van der Waals surface area contributed by atoms with Gasteiger partial charge in [-0.1, -0.05) is 32.0 Å². The summed E-state index contributed by atoms with van der Waals surface area (Å²) >= 11 is 0. The number of nitrogens with one attached hydrogen (secondary N) is 1. The quantitative estimate of drug-likeness (QED) is 0.892. The predicted octanol–water partition coefficient (Wildman–Crippen LogP) is 3.07. The molecule has 21 heavy (non-hydrogen) atoms. The van der Waals surface area contributed by atoms with E-state index >= 15 is 0 Å². The Labute approximate surface area is 126 Å². The highest BCUT2D eigenvalue weighted by molar-refractivity contribution is 7.89. The minimum atomic E-state index is -3.49. The molecule has 1 heterocycles. The highest BCUT2D eigenvalue weighted by Crippen LogP contribution is 2.20. The van der Waals surface area contributed by atoms with E-state index in [-0.39, 0.29) is 6.54 Å². The van der Waals surface area contributed by atoms with Crippen LogP contribution in [0.15, 0.2) is 53.7 Å². The summed E-state index contributed by atoms with van der Waals surface area (Å²) in [6, 6.07) is 10.7. The van der Waals surface area contributed by atoms with Crippen LogP contribution < -0.4 is 4.72 Å². The Bertz CT molecular complexity index is 667. The minimum Gasteiger partial charge on any atom is -0.264 e. The lowest BCUT2D eigenvalue weighted by Gasteiger charge is -2.11. The second-order valence-corrected chi connectivity index (χ2v) is 6.83. The van der Waals surface area contributed by atoms with Gasteiger partial charge in [0.15, 0.2) is 0 Å². The van der Waals surface area contributed by atoms with E-state index in [0.717, 1.165) is 17.5 Å². The first-order chi connectivity index (χ1) is 10.0. The van der Waals surface area contributed by atoms with E-state index in [9.17, 15) is 8.42 Å². The summed E-state index contributed by atoms with van der Waals surface area (Å²) in [6.07, 6.45) is 4.34. The minimum absolute atomic E-state index is 0.239. The third-order valence-corrected chi connectivity index (χ3v) is 4.98. The van der Waals surface area contributed by atoms with E-state index in [1.54, 1.807) is 30.6 Å². The Morgan fingerprint density at radius 3 is 2.48 bits per heavy atom. The summed E-state index contributed by atoms with van der Waals surface area (Å²) in [5.41, 5.74) is 1.99. The van der Waals surface area contributed by atoms with Gasteiger partial charge >= 0.3 is 0 Å². The van der Waals surface area contributed by atoms with Crippen molar-refractivity contribution in [2.24, 2.45) is 0 Å². The van der Waals surface area contributed by atoms with Crippen molar-refractivity contribution in [1.82, 2.24) is 9.71 Å². The van der Waals surface area contributed by atoms with Crippen molar-refractivity contribution in [3.63, 3.8) is 0 Å². The summed E-state index contributed by atoms with van der Waals surface area (Å²) < 4.78 is 27.0. The smallest absolute Gasteiger partial charge is 0.240 e. The molecule has 1 aromatic heterocycles. The van der Waals surface area contributed by atoms with E-state index < -0.39 is 10.0 Å². The van der Waals surface area contributed by atoms with Gasteiger partial charge in [0, 0.05) is 18.9 Å². The normalized spacial score (nSPS) is 13.0. The van der Waals surface area contributed by atoms with E-state index in [4.69, 9.17) is 0 Å². The number of aromatic nitrogens is 1. The van der Waals surface area contributed by atoms with Gasteiger partial charge in [0.05, 0.1) is 4.90 Å². The molecular formula is C16H20N2O2S. The van der Waals surface area contributed by atoms with Crippen LogP contribution in [-0.4, -0.2) is 13.4 Å². The number of hydrogen-bond donors (Lipinski definition) is 1. The predicted molar refractivity (Wildman–Crippen MR) is 83.4 cm³/mol. The zero-order chi connectivity index (χ0) is 15.3. The first kappa shape index (κ1) is 15.7. The highest BCUT2D eigenvalue weighted by atomic mass is 32.2. The second-order valence-electron chi connectivity index (χ2n) is 5.06. The molecule has 0 saturated heterocycles. The van der Waals surface area contributed by atoms with Crippen LogP contribution in [0, 0.1) is 0 Å². The molecule has 0 aliphatic rings. The van der Waals surface area contributed by atoms with Gasteiger partial charge in [-0.3, -0.25) is 4.98 Å². The molecular weight excluding hydrogens is 284 g/mol. The van der Waals surface area contributed by atoms with Gasteiger partial charge in [-0.05, 0) is 41.7 Å². The van der Waals surface area contributed by atoms with Gasteiger partial charge in [0.25, 0.3) is 0 Å². The van der Waals surface area contributed by atoms with Crippen LogP contribution in [0.2, 0.25) is 0 Å². The van der Waals surface area contributed by atoms with Crippen LogP contribution in [-0.2, 0) is 16.6 Å². The number of rotatable bonds is 6. The Hall–Kier alpha value is -1.72. The molecule has 1 aromatic carbocycles. The van der Waals surface area contributed by atoms with Gasteiger partial charge in [-0.2, -0.15) is 0 Å². The zero-order valence-corrected chi connectivity index (χ0v) is 13.1. The Morgan fingerprint density at radius 1 is 1.19 bits per heavy atom. The van der Waals surface area contributed by atoms with E-state index in [2.05, 4.69) is 23.6 Å². The molecule has 1 unspecified atom stereocenters. The number of benzene rings is 1. The van der Waals surface area contributed by atoms with Crippen LogP contribution in [0.3, 0.4) is 0 Å². The molecule has 1 atom stereocenters. The molecule has 112 valence electrons. The number of sulfonamides is 1. The molecule has 0 spiro atoms. The SMILES string of the molecule is CCC(C)c1ccc(S(=O)(=O)NCc2cccnc2)cc1. The van der Waals surface area contributed by atoms with E-state index in [0.29, 0.717) is 10.8 Å². The lowest BCUT2D eigenvalue weighted by Crippen LogP contribution is -2.23. The zero-order valence-electron chi connectivity index (χ0n) is 12.3. The van der Waals surface area contributed by atoms with Crippen molar-refractivity contribution in [2.75, 3.05) is 0 Å². The fourth-order valence-electron chi connectivity index (χ4n) is 1.98. The van der Waals surface area contributed by atoms with E-state index in [1.165, 1.54) is 0 Å². The molecule has 2 rings (SSSR count). The molecule has 0 bridgehead atoms. The first-order valence-electron chi connectivity index (χ1n) is 7.01. The van der Waals surface area contributed by atoms with Gasteiger partial charge in [0.1, 0.15) is 0 Å². The number of pyridine rings is 1. The summed E-state index contributed by atoms with van der Waals surface area (Å²) in [7, 11) is -3.49. The highest BCUT2D eigenvalue weighted by Gasteiger charge is 2.14. The van der Waals surface area contributed by atoms with Crippen molar-refractivity contribution in [1.29, 1.82) is 0 Å². The summed E-state index contributed by atoms with van der Waals surface area (Å²) in [4.78, 5) is 4.25. The van der Waals surface area contributed by atoms with Crippen molar-refractivity contribution in [3.05, 3.63) is 59.9 Å². The molecule has 0 aliphatic heterocycles. The van der Waals surface area contributed by atoms with Crippen molar-refractivity contribution in [3.8, 4) is 0 Å². The Kier molecular flexibility index (Phi) is 5.09. The van der Waals surface area contributed by atoms with Gasteiger partial charge < -0.3 is 0 Å². The molecule has 0 radical (unpaired) electrons. The van der Waals surface area contributed by atoms with Crippen molar-refractivity contribution < 1.29 is 8.42 Å². The van der Waals surface area contributed by atoms with Crippen LogP contribution in [0.25, 0.3) is 0 Å². The molecule has 5 heteroatoms. The maximum Gasteiger partial charge on any atom is 0.240 e. The third-order valence-electron chi connectivity index (χ3n) is 3.56. The summed E-state index contributed by atoms with van der Waals surface area (Å²) in [5.74, 6) is 0.435. The fraction of sp³-hybridized carbons (Fsp3) is 0.312. The molecule has 0 fully saturated rings. The van der Waals surface area contributed by atoms with Gasteiger partial charge in [-0.25, -0.2) is 13.1 Å². The Morgan fingerprint density at radius 2 is 1.90 bits per heavy atom. The van der Waals surface area contributed by atoms with Crippen molar-refractivity contribution in [2.45, 2.75) is 37.6 Å². The van der Waals surface area contributed by atoms with Gasteiger partial charge in [-0.15, -0.1) is 0 Å². The molecule has 0 aliphatic carbocycles. The van der Waals surface area contributed by atoms with Crippen LogP contribution in [0.5, 0.6) is 0 Å². The van der Waals surface area contributed by atoms with Crippen LogP contribution >= 0.6 is 0 Å². The molecule has 1 N–H and O–H groups in total. The lowest BCUT2D eigenvalue weighted by atomic mass is 9.99. The fourth-order valence-corrected chi connectivity index (χ4v) is 2.99. The standard InChI is InChI=1S/C16H20N2O2S/c1-3-13(2)15-6-8-16(9-7-15)21(19,20)18-12-14-5-4-10-17-11-14/h4-11,13,18H,3,12H2,1-2H3. The average molecular weight is 304 g/mol. The second kappa shape index (κ2) is 6.83. The number of hydrogen-bond acceptors (Lipinski definition) is 3. The monoisotopic (exact) mass is 304 g/mol. The molecule has 0 amide bonds. The van der Waals surface area contributed by atoms with Crippen molar-refractivity contribution >= 4 is 10.0 Å². The van der Waals surface area contributed by atoms with Crippen LogP contribution in [0.1, 0.15) is 37.3 Å². The maximum atomic E-state index is 12.2. The van der Waals surface area contributed by atoms with Crippen LogP contribution in [0.4, 0.5) is 0 Å². The summed E-state index contributed by atoms with van der Waals surface area (Å²) in [5, 5.41) is 0. The lowest BCUT2D eigenvalue weighted by molar-refractivity contribution is 0.581.